The number of para-hydroxylation sites is 1. The quantitative estimate of drug-likeness (QED) is 0.619. The normalized spacial score (nSPS) is 11.0. The van der Waals surface area contributed by atoms with Crippen LogP contribution in [0.4, 0.5) is 0 Å². The van der Waals surface area contributed by atoms with E-state index in [0.29, 0.717) is 22.8 Å². The van der Waals surface area contributed by atoms with Gasteiger partial charge in [-0.15, -0.1) is 0 Å². The Bertz CT molecular complexity index is 1110. The minimum atomic E-state index is -0.622. The average molecular weight is 343 g/mol. The highest BCUT2D eigenvalue weighted by molar-refractivity contribution is 6.02. The molecule has 4 rings (SSSR count). The first kappa shape index (κ1) is 16.0. The number of carbonyl (C=O) groups is 1. The summed E-state index contributed by atoms with van der Waals surface area (Å²) in [4.78, 5) is 25.6. The lowest BCUT2D eigenvalue weighted by Gasteiger charge is -2.08. The molecule has 2 heterocycles. The van der Waals surface area contributed by atoms with E-state index in [4.69, 9.17) is 10.7 Å². The number of fused-ring (bicyclic) bond motifs is 1. The highest BCUT2D eigenvalue weighted by atomic mass is 16.1. The first-order valence-corrected chi connectivity index (χ1v) is 8.24. The van der Waals surface area contributed by atoms with Crippen molar-refractivity contribution in [2.75, 3.05) is 0 Å². The summed E-state index contributed by atoms with van der Waals surface area (Å²) in [5.41, 5.74) is 9.54. The van der Waals surface area contributed by atoms with Crippen LogP contribution in [-0.2, 0) is 0 Å². The lowest BCUT2D eigenvalue weighted by molar-refractivity contribution is 0.0997. The van der Waals surface area contributed by atoms with Crippen molar-refractivity contribution in [3.8, 4) is 17.1 Å². The molecule has 6 nitrogen and oxygen atoms in total. The Balaban J connectivity index is 2.04. The molecule has 2 aromatic carbocycles. The standard InChI is InChI=1S/C20H17N5O/c1-12-8-10-14(11-9-12)19-23-16(18(21)26)17-20(24-19)25(13(2)22-17)15-6-4-3-5-7-15/h3-11H,1-2H3,(H2,21,26). The molecular formula is C20H17N5O. The topological polar surface area (TPSA) is 86.7 Å². The molecule has 2 aromatic heterocycles. The zero-order chi connectivity index (χ0) is 18.3. The largest absolute Gasteiger partial charge is 0.364 e. The molecule has 0 saturated carbocycles. The number of hydrogen-bond acceptors (Lipinski definition) is 4. The highest BCUT2D eigenvalue weighted by Gasteiger charge is 2.20. The van der Waals surface area contributed by atoms with Gasteiger partial charge in [0.1, 0.15) is 11.3 Å². The number of benzene rings is 2. The minimum Gasteiger partial charge on any atom is -0.364 e. The number of aromatic nitrogens is 4. The number of carbonyl (C=O) groups excluding carboxylic acids is 1. The van der Waals surface area contributed by atoms with E-state index in [2.05, 4.69) is 9.97 Å². The molecule has 4 aromatic rings. The molecule has 0 aliphatic heterocycles. The second-order valence-corrected chi connectivity index (χ2v) is 6.13. The van der Waals surface area contributed by atoms with Gasteiger partial charge in [0.15, 0.2) is 17.2 Å². The molecule has 0 fully saturated rings. The average Bonchev–Trinajstić information content (AvgIpc) is 2.97. The third kappa shape index (κ3) is 2.61. The van der Waals surface area contributed by atoms with Crippen LogP contribution in [0, 0.1) is 13.8 Å². The molecule has 0 aliphatic rings. The summed E-state index contributed by atoms with van der Waals surface area (Å²) >= 11 is 0. The molecule has 0 bridgehead atoms. The number of nitrogens with two attached hydrogens (primary N) is 1. The summed E-state index contributed by atoms with van der Waals surface area (Å²) in [6.07, 6.45) is 0. The molecule has 6 heteroatoms. The van der Waals surface area contributed by atoms with Crippen LogP contribution in [0.2, 0.25) is 0 Å². The summed E-state index contributed by atoms with van der Waals surface area (Å²) in [5.74, 6) is 0.538. The van der Waals surface area contributed by atoms with Crippen LogP contribution >= 0.6 is 0 Å². The maximum Gasteiger partial charge on any atom is 0.269 e. The number of amides is 1. The van der Waals surface area contributed by atoms with Crippen LogP contribution in [-0.4, -0.2) is 25.4 Å². The summed E-state index contributed by atoms with van der Waals surface area (Å²) in [6, 6.07) is 17.6. The second-order valence-electron chi connectivity index (χ2n) is 6.13. The molecule has 26 heavy (non-hydrogen) atoms. The predicted octanol–water partition coefficient (Wildman–Crippen LogP) is 3.20. The number of hydrogen-bond donors (Lipinski definition) is 1. The monoisotopic (exact) mass is 343 g/mol. The van der Waals surface area contributed by atoms with Crippen LogP contribution in [0.1, 0.15) is 21.9 Å². The lowest BCUT2D eigenvalue weighted by Crippen LogP contribution is -2.15. The number of rotatable bonds is 3. The molecule has 2 N–H and O–H groups in total. The third-order valence-electron chi connectivity index (χ3n) is 4.23. The Kier molecular flexibility index (Phi) is 3.73. The Hall–Kier alpha value is -3.54. The van der Waals surface area contributed by atoms with Gasteiger partial charge in [-0.05, 0) is 26.0 Å². The number of nitrogens with zero attached hydrogens (tertiary/aromatic N) is 4. The van der Waals surface area contributed by atoms with Crippen molar-refractivity contribution >= 4 is 17.1 Å². The first-order chi connectivity index (χ1) is 12.5. The fraction of sp³-hybridized carbons (Fsp3) is 0.100. The van der Waals surface area contributed by atoms with E-state index in [1.807, 2.05) is 73.0 Å². The van der Waals surface area contributed by atoms with Gasteiger partial charge in [-0.3, -0.25) is 9.36 Å². The zero-order valence-electron chi connectivity index (χ0n) is 14.5. The molecule has 0 spiro atoms. The van der Waals surface area contributed by atoms with E-state index >= 15 is 0 Å². The van der Waals surface area contributed by atoms with Crippen molar-refractivity contribution in [1.29, 1.82) is 0 Å². The molecule has 0 radical (unpaired) electrons. The highest BCUT2D eigenvalue weighted by Crippen LogP contribution is 2.25. The van der Waals surface area contributed by atoms with E-state index in [0.717, 1.165) is 16.8 Å². The molecule has 128 valence electrons. The number of imidazole rings is 1. The van der Waals surface area contributed by atoms with Crippen LogP contribution in [0.3, 0.4) is 0 Å². The Labute approximate surface area is 150 Å². The van der Waals surface area contributed by atoms with Gasteiger partial charge in [-0.1, -0.05) is 48.0 Å². The van der Waals surface area contributed by atoms with E-state index in [-0.39, 0.29) is 5.69 Å². The van der Waals surface area contributed by atoms with Gasteiger partial charge in [0.25, 0.3) is 5.91 Å². The SMILES string of the molecule is Cc1ccc(-c2nc(C(N)=O)c3nc(C)n(-c4ccccc4)c3n2)cc1. The smallest absolute Gasteiger partial charge is 0.269 e. The number of primary amides is 1. The van der Waals surface area contributed by atoms with Gasteiger partial charge >= 0.3 is 0 Å². The van der Waals surface area contributed by atoms with Gasteiger partial charge in [0.05, 0.1) is 0 Å². The van der Waals surface area contributed by atoms with Crippen molar-refractivity contribution in [2.24, 2.45) is 5.73 Å². The minimum absolute atomic E-state index is 0.128. The van der Waals surface area contributed by atoms with Crippen LogP contribution in [0.5, 0.6) is 0 Å². The molecule has 0 saturated heterocycles. The van der Waals surface area contributed by atoms with Crippen molar-refractivity contribution in [2.45, 2.75) is 13.8 Å². The fourth-order valence-electron chi connectivity index (χ4n) is 2.96. The molecular weight excluding hydrogens is 326 g/mol. The van der Waals surface area contributed by atoms with E-state index in [1.54, 1.807) is 0 Å². The van der Waals surface area contributed by atoms with Gasteiger partial charge in [-0.2, -0.15) is 0 Å². The molecule has 0 unspecified atom stereocenters. The maximum atomic E-state index is 12.0. The van der Waals surface area contributed by atoms with Crippen LogP contribution in [0.15, 0.2) is 54.6 Å². The lowest BCUT2D eigenvalue weighted by atomic mass is 10.1. The van der Waals surface area contributed by atoms with Crippen molar-refractivity contribution < 1.29 is 4.79 Å². The van der Waals surface area contributed by atoms with Gasteiger partial charge in [0, 0.05) is 11.3 Å². The Morgan fingerprint density at radius 3 is 2.27 bits per heavy atom. The Morgan fingerprint density at radius 2 is 1.62 bits per heavy atom. The van der Waals surface area contributed by atoms with Gasteiger partial charge in [-0.25, -0.2) is 15.0 Å². The summed E-state index contributed by atoms with van der Waals surface area (Å²) < 4.78 is 1.90. The van der Waals surface area contributed by atoms with Crippen molar-refractivity contribution in [3.05, 3.63) is 71.7 Å². The number of aryl methyl sites for hydroxylation is 2. The first-order valence-electron chi connectivity index (χ1n) is 8.24. The van der Waals surface area contributed by atoms with Crippen LogP contribution in [0.25, 0.3) is 28.2 Å². The summed E-state index contributed by atoms with van der Waals surface area (Å²) in [7, 11) is 0. The predicted molar refractivity (Wildman–Crippen MR) is 100 cm³/mol. The summed E-state index contributed by atoms with van der Waals surface area (Å²) in [6.45, 7) is 3.88. The van der Waals surface area contributed by atoms with Crippen LogP contribution < -0.4 is 5.73 Å². The third-order valence-corrected chi connectivity index (χ3v) is 4.23. The second kappa shape index (κ2) is 6.07. The molecule has 0 aliphatic carbocycles. The van der Waals surface area contributed by atoms with E-state index in [1.165, 1.54) is 0 Å². The van der Waals surface area contributed by atoms with Gasteiger partial charge in [0.2, 0.25) is 0 Å². The maximum absolute atomic E-state index is 12.0. The van der Waals surface area contributed by atoms with Gasteiger partial charge < -0.3 is 5.73 Å². The molecule has 1 amide bonds. The zero-order valence-corrected chi connectivity index (χ0v) is 14.5. The molecule has 0 atom stereocenters. The fourth-order valence-corrected chi connectivity index (χ4v) is 2.96. The van der Waals surface area contributed by atoms with E-state index in [9.17, 15) is 4.79 Å². The van der Waals surface area contributed by atoms with Crippen molar-refractivity contribution in [1.82, 2.24) is 19.5 Å². The van der Waals surface area contributed by atoms with E-state index < -0.39 is 5.91 Å². The Morgan fingerprint density at radius 1 is 0.923 bits per heavy atom. The van der Waals surface area contributed by atoms with Crippen molar-refractivity contribution in [3.63, 3.8) is 0 Å². The summed E-state index contributed by atoms with van der Waals surface area (Å²) in [5, 5.41) is 0.